The van der Waals surface area contributed by atoms with Crippen LogP contribution in [-0.2, 0) is 0 Å². The zero-order valence-electron chi connectivity index (χ0n) is 16.5. The van der Waals surface area contributed by atoms with Crippen LogP contribution in [0.3, 0.4) is 0 Å². The standard InChI is InChI=1S/C22H28N2O3/c1-5-13-24(14-6-2)22(26)18-10-8-17(9-11-18)21(25)23-19-15-16(3)7-12-20(19)27-4/h7-12,15H,5-6,13-14H2,1-4H3,(H,23,25). The summed E-state index contributed by atoms with van der Waals surface area (Å²) in [6.45, 7) is 7.55. The molecule has 0 aliphatic rings. The second kappa shape index (κ2) is 9.76. The maximum atomic E-state index is 12.6. The zero-order chi connectivity index (χ0) is 19.8. The number of carbonyl (C=O) groups is 2. The predicted molar refractivity (Wildman–Crippen MR) is 109 cm³/mol. The lowest BCUT2D eigenvalue weighted by Gasteiger charge is -2.21. The minimum absolute atomic E-state index is 0.00557. The molecule has 2 rings (SSSR count). The topological polar surface area (TPSA) is 58.6 Å². The molecule has 1 N–H and O–H groups in total. The largest absolute Gasteiger partial charge is 0.495 e. The van der Waals surface area contributed by atoms with Crippen molar-refractivity contribution in [2.75, 3.05) is 25.5 Å². The Balaban J connectivity index is 2.13. The number of hydrogen-bond donors (Lipinski definition) is 1. The lowest BCUT2D eigenvalue weighted by atomic mass is 10.1. The van der Waals surface area contributed by atoms with Crippen molar-refractivity contribution in [3.05, 3.63) is 59.2 Å². The zero-order valence-corrected chi connectivity index (χ0v) is 16.5. The molecular weight excluding hydrogens is 340 g/mol. The van der Waals surface area contributed by atoms with Crippen LogP contribution in [0.1, 0.15) is 53.0 Å². The average molecular weight is 368 g/mol. The van der Waals surface area contributed by atoms with Gasteiger partial charge in [0.15, 0.2) is 0 Å². The first-order chi connectivity index (χ1) is 13.0. The van der Waals surface area contributed by atoms with E-state index in [2.05, 4.69) is 19.2 Å². The lowest BCUT2D eigenvalue weighted by molar-refractivity contribution is 0.0755. The third kappa shape index (κ3) is 5.33. The molecule has 0 aliphatic heterocycles. The van der Waals surface area contributed by atoms with Crippen molar-refractivity contribution in [3.63, 3.8) is 0 Å². The van der Waals surface area contributed by atoms with Gasteiger partial charge in [0.25, 0.3) is 11.8 Å². The second-order valence-electron chi connectivity index (χ2n) is 6.53. The van der Waals surface area contributed by atoms with Gasteiger partial charge >= 0.3 is 0 Å². The summed E-state index contributed by atoms with van der Waals surface area (Å²) in [5, 5.41) is 2.87. The quantitative estimate of drug-likeness (QED) is 0.745. The summed E-state index contributed by atoms with van der Waals surface area (Å²) in [6.07, 6.45) is 1.84. The number of nitrogens with one attached hydrogen (secondary N) is 1. The van der Waals surface area contributed by atoms with E-state index in [1.165, 1.54) is 0 Å². The summed E-state index contributed by atoms with van der Waals surface area (Å²) in [6, 6.07) is 12.4. The molecule has 0 aliphatic carbocycles. The maximum Gasteiger partial charge on any atom is 0.255 e. The molecule has 0 aromatic heterocycles. The van der Waals surface area contributed by atoms with Crippen LogP contribution in [0.25, 0.3) is 0 Å². The van der Waals surface area contributed by atoms with Crippen LogP contribution in [0, 0.1) is 6.92 Å². The van der Waals surface area contributed by atoms with Crippen LogP contribution in [0.4, 0.5) is 5.69 Å². The molecule has 0 radical (unpaired) electrons. The Bertz CT molecular complexity index is 779. The monoisotopic (exact) mass is 368 g/mol. The van der Waals surface area contributed by atoms with Gasteiger partial charge in [0.05, 0.1) is 12.8 Å². The summed E-state index contributed by atoms with van der Waals surface area (Å²) < 4.78 is 5.30. The number of methoxy groups -OCH3 is 1. The number of amides is 2. The molecule has 2 aromatic rings. The molecule has 0 spiro atoms. The normalized spacial score (nSPS) is 10.4. The van der Waals surface area contributed by atoms with Crippen LogP contribution in [0.2, 0.25) is 0 Å². The van der Waals surface area contributed by atoms with E-state index in [0.29, 0.717) is 22.6 Å². The molecule has 0 saturated carbocycles. The van der Waals surface area contributed by atoms with E-state index >= 15 is 0 Å². The minimum atomic E-state index is -0.239. The Morgan fingerprint density at radius 3 is 2.11 bits per heavy atom. The highest BCUT2D eigenvalue weighted by Gasteiger charge is 2.15. The van der Waals surface area contributed by atoms with E-state index in [0.717, 1.165) is 31.5 Å². The second-order valence-corrected chi connectivity index (χ2v) is 6.53. The van der Waals surface area contributed by atoms with Crippen molar-refractivity contribution in [2.24, 2.45) is 0 Å². The van der Waals surface area contributed by atoms with Crippen molar-refractivity contribution < 1.29 is 14.3 Å². The van der Waals surface area contributed by atoms with Crippen LogP contribution in [-0.4, -0.2) is 36.9 Å². The smallest absolute Gasteiger partial charge is 0.255 e. The van der Waals surface area contributed by atoms with Crippen molar-refractivity contribution in [3.8, 4) is 5.75 Å². The van der Waals surface area contributed by atoms with Gasteiger partial charge in [-0.15, -0.1) is 0 Å². The van der Waals surface area contributed by atoms with E-state index in [1.54, 1.807) is 31.4 Å². The van der Waals surface area contributed by atoms with Gasteiger partial charge in [-0.1, -0.05) is 19.9 Å². The van der Waals surface area contributed by atoms with E-state index in [9.17, 15) is 9.59 Å². The van der Waals surface area contributed by atoms with Gasteiger partial charge < -0.3 is 15.0 Å². The molecule has 0 bridgehead atoms. The first-order valence-electron chi connectivity index (χ1n) is 9.35. The first kappa shape index (κ1) is 20.5. The molecule has 5 nitrogen and oxygen atoms in total. The Kier molecular flexibility index (Phi) is 7.41. The van der Waals surface area contributed by atoms with Gasteiger partial charge in [-0.3, -0.25) is 9.59 Å². The number of benzene rings is 2. The predicted octanol–water partition coefficient (Wildman–Crippen LogP) is 4.52. The lowest BCUT2D eigenvalue weighted by Crippen LogP contribution is -2.32. The molecule has 0 unspecified atom stereocenters. The molecule has 27 heavy (non-hydrogen) atoms. The third-order valence-electron chi connectivity index (χ3n) is 4.27. The molecular formula is C22H28N2O3. The van der Waals surface area contributed by atoms with Crippen LogP contribution < -0.4 is 10.1 Å². The highest BCUT2D eigenvalue weighted by molar-refractivity contribution is 6.05. The number of hydrogen-bond acceptors (Lipinski definition) is 3. The Hall–Kier alpha value is -2.82. The molecule has 0 fully saturated rings. The Morgan fingerprint density at radius 1 is 0.963 bits per heavy atom. The molecule has 0 heterocycles. The van der Waals surface area contributed by atoms with E-state index in [-0.39, 0.29) is 11.8 Å². The van der Waals surface area contributed by atoms with Crippen LogP contribution >= 0.6 is 0 Å². The number of anilines is 1. The number of carbonyl (C=O) groups excluding carboxylic acids is 2. The fourth-order valence-electron chi connectivity index (χ4n) is 2.92. The van der Waals surface area contributed by atoms with E-state index in [1.807, 2.05) is 30.0 Å². The van der Waals surface area contributed by atoms with Gasteiger partial charge in [-0.2, -0.15) is 0 Å². The molecule has 0 saturated heterocycles. The fourth-order valence-corrected chi connectivity index (χ4v) is 2.92. The summed E-state index contributed by atoms with van der Waals surface area (Å²) >= 11 is 0. The Labute approximate surface area is 161 Å². The molecule has 2 aromatic carbocycles. The third-order valence-corrected chi connectivity index (χ3v) is 4.27. The molecule has 2 amide bonds. The van der Waals surface area contributed by atoms with Gasteiger partial charge in [0, 0.05) is 24.2 Å². The van der Waals surface area contributed by atoms with Gasteiger partial charge in [-0.25, -0.2) is 0 Å². The summed E-state index contributed by atoms with van der Waals surface area (Å²) in [4.78, 5) is 27.0. The maximum absolute atomic E-state index is 12.6. The molecule has 5 heteroatoms. The highest BCUT2D eigenvalue weighted by atomic mass is 16.5. The highest BCUT2D eigenvalue weighted by Crippen LogP contribution is 2.25. The van der Waals surface area contributed by atoms with Crippen molar-refractivity contribution in [1.29, 1.82) is 0 Å². The number of rotatable bonds is 8. The number of nitrogens with zero attached hydrogens (tertiary/aromatic N) is 1. The Morgan fingerprint density at radius 2 is 1.56 bits per heavy atom. The van der Waals surface area contributed by atoms with Crippen LogP contribution in [0.15, 0.2) is 42.5 Å². The SMILES string of the molecule is CCCN(CCC)C(=O)c1ccc(C(=O)Nc2cc(C)ccc2OC)cc1. The minimum Gasteiger partial charge on any atom is -0.495 e. The summed E-state index contributed by atoms with van der Waals surface area (Å²) in [7, 11) is 1.57. The van der Waals surface area contributed by atoms with Crippen molar-refractivity contribution in [1.82, 2.24) is 4.90 Å². The average Bonchev–Trinajstić information content (AvgIpc) is 2.67. The first-order valence-corrected chi connectivity index (χ1v) is 9.35. The van der Waals surface area contributed by atoms with Crippen molar-refractivity contribution in [2.45, 2.75) is 33.6 Å². The summed E-state index contributed by atoms with van der Waals surface area (Å²) in [5.74, 6) is 0.374. The molecule has 0 atom stereocenters. The fraction of sp³-hybridized carbons (Fsp3) is 0.364. The van der Waals surface area contributed by atoms with Crippen LogP contribution in [0.5, 0.6) is 5.75 Å². The van der Waals surface area contributed by atoms with Gasteiger partial charge in [0.2, 0.25) is 0 Å². The van der Waals surface area contributed by atoms with E-state index in [4.69, 9.17) is 4.74 Å². The molecule has 144 valence electrons. The van der Waals surface area contributed by atoms with Crippen molar-refractivity contribution >= 4 is 17.5 Å². The summed E-state index contributed by atoms with van der Waals surface area (Å²) in [5.41, 5.74) is 2.74. The number of aryl methyl sites for hydroxylation is 1. The number of ether oxygens (including phenoxy) is 1. The van der Waals surface area contributed by atoms with Gasteiger partial charge in [-0.05, 0) is 61.7 Å². The van der Waals surface area contributed by atoms with Gasteiger partial charge in [0.1, 0.15) is 5.75 Å². The van der Waals surface area contributed by atoms with E-state index < -0.39 is 0 Å².